The quantitative estimate of drug-likeness (QED) is 0.133. The van der Waals surface area contributed by atoms with Gasteiger partial charge in [-0.1, -0.05) is 109 Å². The number of amides is 1. The summed E-state index contributed by atoms with van der Waals surface area (Å²) in [4.78, 5) is 11.4. The maximum atomic E-state index is 11.4. The van der Waals surface area contributed by atoms with E-state index in [1.165, 1.54) is 83.5 Å². The van der Waals surface area contributed by atoms with E-state index >= 15 is 0 Å². The number of hydrazine groups is 1. The van der Waals surface area contributed by atoms with Crippen molar-refractivity contribution in [3.05, 3.63) is 0 Å². The van der Waals surface area contributed by atoms with Gasteiger partial charge in [0.1, 0.15) is 4.32 Å². The summed E-state index contributed by atoms with van der Waals surface area (Å²) in [6.07, 6.45) is 20.6. The number of nitrogens with one attached hydrogen (secondary N) is 2. The summed E-state index contributed by atoms with van der Waals surface area (Å²) in [5.41, 5.74) is 5.07. The van der Waals surface area contributed by atoms with Crippen LogP contribution in [0.3, 0.4) is 0 Å². The van der Waals surface area contributed by atoms with E-state index in [1.807, 2.05) is 0 Å². The van der Waals surface area contributed by atoms with Gasteiger partial charge < -0.3 is 0 Å². The van der Waals surface area contributed by atoms with E-state index in [2.05, 4.69) is 30.4 Å². The summed E-state index contributed by atoms with van der Waals surface area (Å²) < 4.78 is 0.292. The first-order chi connectivity index (χ1) is 11.7. The van der Waals surface area contributed by atoms with Crippen LogP contribution in [0, 0.1) is 0 Å². The van der Waals surface area contributed by atoms with Gasteiger partial charge in [0.15, 0.2) is 0 Å². The van der Waals surface area contributed by atoms with E-state index in [9.17, 15) is 4.79 Å². The first-order valence-electron chi connectivity index (χ1n) is 9.94. The molecule has 5 heteroatoms. The Morgan fingerprint density at radius 1 is 0.708 bits per heavy atom. The lowest BCUT2D eigenvalue weighted by molar-refractivity contribution is -0.121. The van der Waals surface area contributed by atoms with E-state index in [4.69, 9.17) is 12.2 Å². The number of unbranched alkanes of at least 4 members (excludes halogenated alkanes) is 14. The molecule has 1 amide bonds. The molecule has 0 aliphatic rings. The highest BCUT2D eigenvalue weighted by Gasteiger charge is 2.00. The van der Waals surface area contributed by atoms with Gasteiger partial charge in [0.25, 0.3) is 0 Å². The molecule has 0 saturated carbocycles. The summed E-state index contributed by atoms with van der Waals surface area (Å²) in [6.45, 7) is 2.27. The average molecular weight is 375 g/mol. The van der Waals surface area contributed by atoms with Gasteiger partial charge in [-0.05, 0) is 6.42 Å². The van der Waals surface area contributed by atoms with Crippen molar-refractivity contribution in [1.82, 2.24) is 10.9 Å². The summed E-state index contributed by atoms with van der Waals surface area (Å²) in [6, 6.07) is 0. The molecule has 0 fully saturated rings. The smallest absolute Gasteiger partial charge is 0.238 e. The third kappa shape index (κ3) is 19.8. The van der Waals surface area contributed by atoms with Crippen LogP contribution in [0.1, 0.15) is 110 Å². The second-order valence-corrected chi connectivity index (χ2v) is 7.84. The topological polar surface area (TPSA) is 41.1 Å². The van der Waals surface area contributed by atoms with Crippen LogP contribution in [0.4, 0.5) is 0 Å². The second-order valence-electron chi connectivity index (χ2n) is 6.68. The Labute approximate surface area is 160 Å². The zero-order valence-electron chi connectivity index (χ0n) is 15.6. The van der Waals surface area contributed by atoms with Crippen molar-refractivity contribution in [1.29, 1.82) is 0 Å². The van der Waals surface area contributed by atoms with E-state index in [0.29, 0.717) is 10.7 Å². The van der Waals surface area contributed by atoms with Crippen molar-refractivity contribution in [3.8, 4) is 0 Å². The van der Waals surface area contributed by atoms with Crippen molar-refractivity contribution in [2.75, 3.05) is 0 Å². The number of hydrogen-bond donors (Lipinski definition) is 3. The lowest BCUT2D eigenvalue weighted by Gasteiger charge is -2.06. The Morgan fingerprint density at radius 3 is 1.46 bits per heavy atom. The van der Waals surface area contributed by atoms with Gasteiger partial charge in [-0.15, -0.1) is 12.6 Å². The molecule has 0 saturated heterocycles. The summed E-state index contributed by atoms with van der Waals surface area (Å²) in [5.74, 6) is -0.0129. The van der Waals surface area contributed by atoms with E-state index < -0.39 is 0 Å². The molecule has 0 spiro atoms. The minimum absolute atomic E-state index is 0.0129. The Bertz CT molecular complexity index is 312. The van der Waals surface area contributed by atoms with Gasteiger partial charge in [-0.25, -0.2) is 0 Å². The molecule has 0 aromatic carbocycles. The highest BCUT2D eigenvalue weighted by Crippen LogP contribution is 2.13. The van der Waals surface area contributed by atoms with Crippen molar-refractivity contribution in [2.24, 2.45) is 0 Å². The number of rotatable bonds is 16. The molecule has 0 aromatic rings. The number of thiol groups is 1. The number of hydrogen-bond acceptors (Lipinski definition) is 2. The van der Waals surface area contributed by atoms with E-state index in [-0.39, 0.29) is 5.91 Å². The van der Waals surface area contributed by atoms with Crippen LogP contribution in [0.5, 0.6) is 0 Å². The molecule has 0 aliphatic heterocycles. The molecule has 0 bridgehead atoms. The fraction of sp³-hybridized carbons (Fsp3) is 0.895. The van der Waals surface area contributed by atoms with Crippen molar-refractivity contribution in [3.63, 3.8) is 0 Å². The highest BCUT2D eigenvalue weighted by molar-refractivity contribution is 8.11. The zero-order chi connectivity index (χ0) is 17.9. The van der Waals surface area contributed by atoms with Crippen LogP contribution >= 0.6 is 24.8 Å². The van der Waals surface area contributed by atoms with Crippen LogP contribution in [0.25, 0.3) is 0 Å². The van der Waals surface area contributed by atoms with Crippen LogP contribution in [-0.2, 0) is 4.79 Å². The third-order valence-corrected chi connectivity index (χ3v) is 4.53. The van der Waals surface area contributed by atoms with Gasteiger partial charge in [0.2, 0.25) is 5.91 Å². The van der Waals surface area contributed by atoms with Crippen LogP contribution < -0.4 is 10.9 Å². The molecule has 2 N–H and O–H groups in total. The lowest BCUT2D eigenvalue weighted by Crippen LogP contribution is -2.38. The summed E-state index contributed by atoms with van der Waals surface area (Å²) >= 11 is 8.58. The maximum absolute atomic E-state index is 11.4. The summed E-state index contributed by atoms with van der Waals surface area (Å²) in [5, 5.41) is 0. The van der Waals surface area contributed by atoms with Crippen LogP contribution in [0.15, 0.2) is 0 Å². The lowest BCUT2D eigenvalue weighted by atomic mass is 10.0. The minimum atomic E-state index is -0.0129. The molecule has 0 rings (SSSR count). The molecule has 0 aromatic heterocycles. The molecule has 0 atom stereocenters. The number of carbonyl (C=O) groups is 1. The number of thiocarbonyl (C=S) groups is 1. The second kappa shape index (κ2) is 19.0. The highest BCUT2D eigenvalue weighted by atomic mass is 32.1. The SMILES string of the molecule is CCCCCCCCCCCCCCCCCC(=O)NNC(=S)S. The molecule has 0 unspecified atom stereocenters. The fourth-order valence-corrected chi connectivity index (χ4v) is 2.95. The maximum Gasteiger partial charge on any atom is 0.238 e. The average Bonchev–Trinajstić information content (AvgIpc) is 2.56. The Hall–Kier alpha value is -0.290. The van der Waals surface area contributed by atoms with E-state index in [0.717, 1.165) is 12.8 Å². The Balaban J connectivity index is 3.10. The number of carbonyl (C=O) groups excluding carboxylic acids is 1. The molecular formula is C19H38N2OS2. The molecule has 3 nitrogen and oxygen atoms in total. The normalized spacial score (nSPS) is 10.6. The summed E-state index contributed by atoms with van der Waals surface area (Å²) in [7, 11) is 0. The van der Waals surface area contributed by atoms with Gasteiger partial charge in [-0.2, -0.15) is 0 Å². The monoisotopic (exact) mass is 374 g/mol. The first-order valence-corrected chi connectivity index (χ1v) is 10.8. The molecular weight excluding hydrogens is 336 g/mol. The van der Waals surface area contributed by atoms with E-state index in [1.54, 1.807) is 0 Å². The Morgan fingerprint density at radius 2 is 1.08 bits per heavy atom. The van der Waals surface area contributed by atoms with Crippen LogP contribution in [0.2, 0.25) is 0 Å². The molecule has 0 aliphatic carbocycles. The van der Waals surface area contributed by atoms with Crippen molar-refractivity contribution in [2.45, 2.75) is 110 Å². The molecule has 0 heterocycles. The molecule has 0 radical (unpaired) electrons. The van der Waals surface area contributed by atoms with Gasteiger partial charge in [-0.3, -0.25) is 15.6 Å². The molecule has 24 heavy (non-hydrogen) atoms. The third-order valence-electron chi connectivity index (χ3n) is 4.32. The zero-order valence-corrected chi connectivity index (χ0v) is 17.3. The standard InChI is InChI=1S/C19H38N2OS2/c1-2-3-4-5-6-7-8-9-10-11-12-13-14-15-16-17-18(22)20-21-19(23)24/h2-17H2,1H3,(H,20,22)(H2,21,23,24). The van der Waals surface area contributed by atoms with Gasteiger partial charge in [0.05, 0.1) is 0 Å². The van der Waals surface area contributed by atoms with Crippen LogP contribution in [-0.4, -0.2) is 10.2 Å². The Kier molecular flexibility index (Phi) is 18.8. The van der Waals surface area contributed by atoms with Gasteiger partial charge >= 0.3 is 0 Å². The minimum Gasteiger partial charge on any atom is -0.283 e. The largest absolute Gasteiger partial charge is 0.283 e. The van der Waals surface area contributed by atoms with Crippen molar-refractivity contribution < 1.29 is 4.79 Å². The molecule has 142 valence electrons. The van der Waals surface area contributed by atoms with Gasteiger partial charge in [0, 0.05) is 6.42 Å². The predicted octanol–water partition coefficient (Wildman–Crippen LogP) is 6.08. The van der Waals surface area contributed by atoms with Crippen molar-refractivity contribution >= 4 is 35.1 Å². The first kappa shape index (κ1) is 23.7. The predicted molar refractivity (Wildman–Crippen MR) is 112 cm³/mol. The fourth-order valence-electron chi connectivity index (χ4n) is 2.84.